The van der Waals surface area contributed by atoms with Crippen LogP contribution in [-0.2, 0) is 17.7 Å². The van der Waals surface area contributed by atoms with E-state index < -0.39 is 0 Å². The summed E-state index contributed by atoms with van der Waals surface area (Å²) in [5.74, 6) is 4.53. The van der Waals surface area contributed by atoms with Crippen LogP contribution in [0.3, 0.4) is 0 Å². The van der Waals surface area contributed by atoms with Crippen molar-refractivity contribution < 1.29 is 4.74 Å². The van der Waals surface area contributed by atoms with Crippen LogP contribution in [-0.4, -0.2) is 39.8 Å². The molecule has 1 saturated heterocycles. The van der Waals surface area contributed by atoms with Gasteiger partial charge in [0, 0.05) is 32.9 Å². The first-order valence-electron chi connectivity index (χ1n) is 7.75. The van der Waals surface area contributed by atoms with Gasteiger partial charge in [-0.2, -0.15) is 11.8 Å². The van der Waals surface area contributed by atoms with E-state index in [0.717, 1.165) is 43.1 Å². The van der Waals surface area contributed by atoms with Gasteiger partial charge in [-0.1, -0.05) is 0 Å². The summed E-state index contributed by atoms with van der Waals surface area (Å²) in [6.07, 6.45) is 6.48. The number of methoxy groups -OCH3 is 1. The Labute approximate surface area is 130 Å². The zero-order valence-electron chi connectivity index (χ0n) is 12.6. The first kappa shape index (κ1) is 14.9. The fourth-order valence-corrected chi connectivity index (χ4v) is 4.15. The van der Waals surface area contributed by atoms with Gasteiger partial charge in [0.25, 0.3) is 0 Å². The van der Waals surface area contributed by atoms with Gasteiger partial charge in [-0.05, 0) is 48.8 Å². The number of aryl methyl sites for hydroxylation is 1. The summed E-state index contributed by atoms with van der Waals surface area (Å²) in [4.78, 5) is 9.35. The SMILES string of the molecule is COCCCc1nc2cccnc2n1CC1CCSCC1. The molecule has 3 heterocycles. The van der Waals surface area contributed by atoms with Crippen LogP contribution in [0.1, 0.15) is 25.1 Å². The average molecular weight is 305 g/mol. The topological polar surface area (TPSA) is 39.9 Å². The van der Waals surface area contributed by atoms with Crippen LogP contribution in [0, 0.1) is 5.92 Å². The van der Waals surface area contributed by atoms with Gasteiger partial charge in [0.15, 0.2) is 5.65 Å². The highest BCUT2D eigenvalue weighted by molar-refractivity contribution is 7.99. The first-order valence-corrected chi connectivity index (χ1v) is 8.91. The van der Waals surface area contributed by atoms with E-state index in [1.165, 1.54) is 30.2 Å². The molecule has 21 heavy (non-hydrogen) atoms. The summed E-state index contributed by atoms with van der Waals surface area (Å²) in [5.41, 5.74) is 2.07. The van der Waals surface area contributed by atoms with Crippen LogP contribution in [0.4, 0.5) is 0 Å². The summed E-state index contributed by atoms with van der Waals surface area (Å²) in [6, 6.07) is 4.03. The molecule has 0 aliphatic carbocycles. The number of aromatic nitrogens is 3. The molecule has 0 atom stereocenters. The molecule has 4 nitrogen and oxygen atoms in total. The lowest BCUT2D eigenvalue weighted by molar-refractivity contribution is 0.194. The Hall–Kier alpha value is -1.07. The molecule has 0 saturated carbocycles. The highest BCUT2D eigenvalue weighted by atomic mass is 32.2. The lowest BCUT2D eigenvalue weighted by Crippen LogP contribution is -2.18. The molecule has 0 radical (unpaired) electrons. The van der Waals surface area contributed by atoms with E-state index in [1.807, 2.05) is 12.3 Å². The van der Waals surface area contributed by atoms with Gasteiger partial charge < -0.3 is 9.30 Å². The summed E-state index contributed by atoms with van der Waals surface area (Å²) in [7, 11) is 1.75. The lowest BCUT2D eigenvalue weighted by atomic mass is 10.0. The minimum absolute atomic E-state index is 0.770. The van der Waals surface area contributed by atoms with Gasteiger partial charge in [-0.15, -0.1) is 0 Å². The lowest BCUT2D eigenvalue weighted by Gasteiger charge is -2.22. The molecule has 5 heteroatoms. The van der Waals surface area contributed by atoms with Gasteiger partial charge in [0.1, 0.15) is 11.3 Å². The van der Waals surface area contributed by atoms with Gasteiger partial charge in [-0.25, -0.2) is 9.97 Å². The van der Waals surface area contributed by atoms with Crippen molar-refractivity contribution in [2.45, 2.75) is 32.2 Å². The molecule has 0 spiro atoms. The Bertz CT molecular complexity index is 578. The number of hydrogen-bond donors (Lipinski definition) is 0. The maximum atomic E-state index is 5.17. The molecule has 0 bridgehead atoms. The molecule has 0 aromatic carbocycles. The fraction of sp³-hybridized carbons (Fsp3) is 0.625. The number of nitrogens with zero attached hydrogens (tertiary/aromatic N) is 3. The standard InChI is InChI=1S/C16H23N3OS/c1-20-9-3-5-15-18-14-4-2-8-17-16(14)19(15)12-13-6-10-21-11-7-13/h2,4,8,13H,3,5-7,9-12H2,1H3. The smallest absolute Gasteiger partial charge is 0.159 e. The van der Waals surface area contributed by atoms with Crippen molar-refractivity contribution in [2.75, 3.05) is 25.2 Å². The Morgan fingerprint density at radius 2 is 2.24 bits per heavy atom. The second kappa shape index (κ2) is 7.27. The number of thioether (sulfide) groups is 1. The van der Waals surface area contributed by atoms with E-state index in [2.05, 4.69) is 27.4 Å². The molecule has 1 aliphatic rings. The number of hydrogen-bond acceptors (Lipinski definition) is 4. The van der Waals surface area contributed by atoms with E-state index in [-0.39, 0.29) is 0 Å². The fourth-order valence-electron chi connectivity index (χ4n) is 2.95. The normalized spacial score (nSPS) is 16.6. The van der Waals surface area contributed by atoms with E-state index in [4.69, 9.17) is 9.72 Å². The van der Waals surface area contributed by atoms with Gasteiger partial charge in [0.05, 0.1) is 0 Å². The van der Waals surface area contributed by atoms with Crippen LogP contribution in [0.5, 0.6) is 0 Å². The Balaban J connectivity index is 1.83. The number of fused-ring (bicyclic) bond motifs is 1. The van der Waals surface area contributed by atoms with Crippen molar-refractivity contribution in [3.8, 4) is 0 Å². The predicted octanol–water partition coefficient (Wildman–Crippen LogP) is 3.15. The van der Waals surface area contributed by atoms with Crippen molar-refractivity contribution in [1.29, 1.82) is 0 Å². The largest absolute Gasteiger partial charge is 0.385 e. The predicted molar refractivity (Wildman–Crippen MR) is 87.8 cm³/mol. The first-order chi connectivity index (χ1) is 10.4. The van der Waals surface area contributed by atoms with Crippen LogP contribution < -0.4 is 0 Å². The van der Waals surface area contributed by atoms with Crippen LogP contribution >= 0.6 is 11.8 Å². The average Bonchev–Trinajstić information content (AvgIpc) is 2.87. The Morgan fingerprint density at radius 3 is 3.05 bits per heavy atom. The van der Waals surface area contributed by atoms with Gasteiger partial charge >= 0.3 is 0 Å². The molecule has 2 aromatic heterocycles. The molecule has 0 N–H and O–H groups in total. The van der Waals surface area contributed by atoms with Gasteiger partial charge in [-0.3, -0.25) is 0 Å². The second-order valence-electron chi connectivity index (χ2n) is 5.64. The van der Waals surface area contributed by atoms with Crippen molar-refractivity contribution in [3.05, 3.63) is 24.2 Å². The highest BCUT2D eigenvalue weighted by Gasteiger charge is 2.18. The highest BCUT2D eigenvalue weighted by Crippen LogP contribution is 2.26. The third-order valence-electron chi connectivity index (χ3n) is 4.11. The molecule has 0 unspecified atom stereocenters. The quantitative estimate of drug-likeness (QED) is 0.769. The summed E-state index contributed by atoms with van der Waals surface area (Å²) in [5, 5.41) is 0. The second-order valence-corrected chi connectivity index (χ2v) is 6.86. The van der Waals surface area contributed by atoms with E-state index in [0.29, 0.717) is 0 Å². The van der Waals surface area contributed by atoms with Crippen molar-refractivity contribution in [3.63, 3.8) is 0 Å². The number of rotatable bonds is 6. The van der Waals surface area contributed by atoms with E-state index >= 15 is 0 Å². The Morgan fingerprint density at radius 1 is 1.38 bits per heavy atom. The molecule has 1 aliphatic heterocycles. The molecule has 0 amide bonds. The zero-order valence-corrected chi connectivity index (χ0v) is 13.4. The molecule has 2 aromatic rings. The number of ether oxygens (including phenoxy) is 1. The summed E-state index contributed by atoms with van der Waals surface area (Å²) < 4.78 is 7.52. The maximum Gasteiger partial charge on any atom is 0.159 e. The minimum atomic E-state index is 0.770. The van der Waals surface area contributed by atoms with Crippen molar-refractivity contribution in [2.24, 2.45) is 5.92 Å². The van der Waals surface area contributed by atoms with Crippen molar-refractivity contribution >= 4 is 22.9 Å². The molecule has 3 rings (SSSR count). The van der Waals surface area contributed by atoms with Crippen LogP contribution in [0.15, 0.2) is 18.3 Å². The maximum absolute atomic E-state index is 5.17. The summed E-state index contributed by atoms with van der Waals surface area (Å²) in [6.45, 7) is 1.85. The zero-order chi connectivity index (χ0) is 14.5. The minimum Gasteiger partial charge on any atom is -0.385 e. The number of imidazole rings is 1. The van der Waals surface area contributed by atoms with E-state index in [9.17, 15) is 0 Å². The van der Waals surface area contributed by atoms with Crippen LogP contribution in [0.25, 0.3) is 11.2 Å². The third-order valence-corrected chi connectivity index (χ3v) is 5.16. The number of pyridine rings is 1. The molecule has 114 valence electrons. The van der Waals surface area contributed by atoms with E-state index in [1.54, 1.807) is 7.11 Å². The molecular formula is C16H23N3OS. The Kier molecular flexibility index (Phi) is 5.14. The third kappa shape index (κ3) is 3.58. The van der Waals surface area contributed by atoms with Crippen molar-refractivity contribution in [1.82, 2.24) is 14.5 Å². The molecule has 1 fully saturated rings. The molecular weight excluding hydrogens is 282 g/mol. The monoisotopic (exact) mass is 305 g/mol. The van der Waals surface area contributed by atoms with Gasteiger partial charge in [0.2, 0.25) is 0 Å². The summed E-state index contributed by atoms with van der Waals surface area (Å²) >= 11 is 2.08. The van der Waals surface area contributed by atoms with Crippen LogP contribution in [0.2, 0.25) is 0 Å².